The molecule has 0 aliphatic carbocycles. The van der Waals surface area contributed by atoms with Crippen LogP contribution in [-0.2, 0) is 15.7 Å². The number of nitrogens with zero attached hydrogens (tertiary/aromatic N) is 1. The SMILES string of the molecule is O=C1NN=C(c2ccc(C3CCCOC3)c(C(F)(F)F)c2)CO1. The highest BCUT2D eigenvalue weighted by atomic mass is 19.4. The molecular formula is C15H15F3N2O3. The number of rotatable bonds is 2. The molecule has 3 rings (SSSR count). The van der Waals surface area contributed by atoms with E-state index < -0.39 is 17.8 Å². The van der Waals surface area contributed by atoms with Crippen molar-refractivity contribution >= 4 is 11.8 Å². The van der Waals surface area contributed by atoms with Crippen LogP contribution in [0, 0.1) is 0 Å². The van der Waals surface area contributed by atoms with Crippen LogP contribution in [-0.4, -0.2) is 31.6 Å². The van der Waals surface area contributed by atoms with Crippen LogP contribution in [0.3, 0.4) is 0 Å². The summed E-state index contributed by atoms with van der Waals surface area (Å²) in [5.74, 6) is -0.265. The molecule has 1 aromatic rings. The second kappa shape index (κ2) is 6.19. The molecule has 0 aromatic heterocycles. The number of hydrogen-bond acceptors (Lipinski definition) is 4. The van der Waals surface area contributed by atoms with Crippen LogP contribution in [0.5, 0.6) is 0 Å². The van der Waals surface area contributed by atoms with Crippen molar-refractivity contribution in [1.82, 2.24) is 5.43 Å². The molecule has 23 heavy (non-hydrogen) atoms. The fourth-order valence-electron chi connectivity index (χ4n) is 2.78. The number of ether oxygens (including phenoxy) is 2. The predicted molar refractivity (Wildman–Crippen MR) is 75.3 cm³/mol. The second-order valence-electron chi connectivity index (χ2n) is 5.46. The molecule has 5 nitrogen and oxygen atoms in total. The van der Waals surface area contributed by atoms with Gasteiger partial charge in [-0.2, -0.15) is 18.3 Å². The van der Waals surface area contributed by atoms with E-state index in [1.807, 2.05) is 0 Å². The van der Waals surface area contributed by atoms with E-state index in [1.54, 1.807) is 6.07 Å². The van der Waals surface area contributed by atoms with Crippen molar-refractivity contribution in [2.75, 3.05) is 19.8 Å². The van der Waals surface area contributed by atoms with Gasteiger partial charge in [-0.25, -0.2) is 10.2 Å². The number of carbonyl (C=O) groups is 1. The van der Waals surface area contributed by atoms with Crippen molar-refractivity contribution in [3.8, 4) is 0 Å². The quantitative estimate of drug-likeness (QED) is 0.908. The highest BCUT2D eigenvalue weighted by Crippen LogP contribution is 2.38. The lowest BCUT2D eigenvalue weighted by Gasteiger charge is -2.26. The van der Waals surface area contributed by atoms with Gasteiger partial charge in [-0.05, 0) is 24.5 Å². The Bertz CT molecular complexity index is 637. The first-order valence-electron chi connectivity index (χ1n) is 7.24. The molecule has 8 heteroatoms. The smallest absolute Gasteiger partial charge is 0.428 e. The van der Waals surface area contributed by atoms with Gasteiger partial charge in [-0.3, -0.25) is 0 Å². The molecule has 2 aliphatic rings. The van der Waals surface area contributed by atoms with Crippen molar-refractivity contribution in [2.24, 2.45) is 5.10 Å². The Labute approximate surface area is 130 Å². The van der Waals surface area contributed by atoms with E-state index in [1.165, 1.54) is 6.07 Å². The van der Waals surface area contributed by atoms with E-state index in [4.69, 9.17) is 9.47 Å². The van der Waals surface area contributed by atoms with E-state index in [0.717, 1.165) is 12.5 Å². The number of alkyl halides is 3. The van der Waals surface area contributed by atoms with Crippen molar-refractivity contribution in [3.63, 3.8) is 0 Å². The second-order valence-corrected chi connectivity index (χ2v) is 5.46. The molecule has 1 unspecified atom stereocenters. The van der Waals surface area contributed by atoms with E-state index >= 15 is 0 Å². The summed E-state index contributed by atoms with van der Waals surface area (Å²) >= 11 is 0. The largest absolute Gasteiger partial charge is 0.442 e. The number of hydrazone groups is 1. The normalized spacial score (nSPS) is 22.1. The Morgan fingerprint density at radius 2 is 2.13 bits per heavy atom. The molecule has 1 amide bonds. The molecule has 0 saturated carbocycles. The minimum Gasteiger partial charge on any atom is -0.442 e. The maximum atomic E-state index is 13.4. The molecule has 2 aliphatic heterocycles. The summed E-state index contributed by atoms with van der Waals surface area (Å²) in [6.45, 7) is 0.724. The minimum atomic E-state index is -4.47. The van der Waals surface area contributed by atoms with Gasteiger partial charge in [0.1, 0.15) is 12.3 Å². The minimum absolute atomic E-state index is 0.158. The average Bonchev–Trinajstić information content (AvgIpc) is 2.55. The Morgan fingerprint density at radius 3 is 2.74 bits per heavy atom. The Kier molecular flexibility index (Phi) is 4.25. The van der Waals surface area contributed by atoms with Crippen LogP contribution in [0.2, 0.25) is 0 Å². The molecular weight excluding hydrogens is 313 g/mol. The maximum Gasteiger partial charge on any atom is 0.428 e. The number of nitrogens with one attached hydrogen (secondary N) is 1. The lowest BCUT2D eigenvalue weighted by Crippen LogP contribution is -2.31. The topological polar surface area (TPSA) is 59.9 Å². The number of amides is 1. The number of hydrogen-bond donors (Lipinski definition) is 1. The van der Waals surface area contributed by atoms with Crippen LogP contribution in [0.1, 0.15) is 35.4 Å². The summed E-state index contributed by atoms with van der Waals surface area (Å²) in [5, 5.41) is 3.75. The fraction of sp³-hybridized carbons (Fsp3) is 0.467. The third-order valence-corrected chi connectivity index (χ3v) is 3.91. The van der Waals surface area contributed by atoms with Gasteiger partial charge in [0.05, 0.1) is 12.2 Å². The lowest BCUT2D eigenvalue weighted by molar-refractivity contribution is -0.138. The van der Waals surface area contributed by atoms with Gasteiger partial charge >= 0.3 is 12.3 Å². The van der Waals surface area contributed by atoms with Crippen molar-refractivity contribution < 1.29 is 27.4 Å². The first-order chi connectivity index (χ1) is 10.9. The Balaban J connectivity index is 1.97. The van der Waals surface area contributed by atoms with Crippen LogP contribution in [0.25, 0.3) is 0 Å². The van der Waals surface area contributed by atoms with Crippen molar-refractivity contribution in [1.29, 1.82) is 0 Å². The van der Waals surface area contributed by atoms with E-state index in [-0.39, 0.29) is 29.4 Å². The number of benzene rings is 1. The predicted octanol–water partition coefficient (Wildman–Crippen LogP) is 3.04. The van der Waals surface area contributed by atoms with Crippen LogP contribution >= 0.6 is 0 Å². The highest BCUT2D eigenvalue weighted by molar-refractivity contribution is 6.03. The van der Waals surface area contributed by atoms with Crippen molar-refractivity contribution in [3.05, 3.63) is 34.9 Å². The molecule has 0 spiro atoms. The molecule has 1 N–H and O–H groups in total. The maximum absolute atomic E-state index is 13.4. The van der Waals surface area contributed by atoms with Gasteiger partial charge in [0.25, 0.3) is 0 Å². The summed E-state index contributed by atoms with van der Waals surface area (Å²) in [7, 11) is 0. The molecule has 2 heterocycles. The molecule has 1 fully saturated rings. The number of cyclic esters (lactones) is 1. The lowest BCUT2D eigenvalue weighted by atomic mass is 9.88. The fourth-order valence-corrected chi connectivity index (χ4v) is 2.78. The first-order valence-corrected chi connectivity index (χ1v) is 7.24. The third kappa shape index (κ3) is 3.47. The molecule has 0 bridgehead atoms. The molecule has 0 radical (unpaired) electrons. The van der Waals surface area contributed by atoms with E-state index in [0.29, 0.717) is 19.6 Å². The Morgan fingerprint density at radius 1 is 1.30 bits per heavy atom. The molecule has 1 aromatic carbocycles. The zero-order chi connectivity index (χ0) is 16.4. The number of halogens is 3. The van der Waals surface area contributed by atoms with E-state index in [9.17, 15) is 18.0 Å². The third-order valence-electron chi connectivity index (χ3n) is 3.91. The zero-order valence-corrected chi connectivity index (χ0v) is 12.2. The highest BCUT2D eigenvalue weighted by Gasteiger charge is 2.36. The van der Waals surface area contributed by atoms with E-state index in [2.05, 4.69) is 10.5 Å². The summed E-state index contributed by atoms with van der Waals surface area (Å²) in [6.07, 6.45) is -3.78. The standard InChI is InChI=1S/C15H15F3N2O3/c16-15(17,18)12-6-9(13-8-23-14(21)20-19-13)3-4-11(12)10-2-1-5-22-7-10/h3-4,6,10H,1-2,5,7-8H2,(H,20,21). The monoisotopic (exact) mass is 328 g/mol. The summed E-state index contributed by atoms with van der Waals surface area (Å²) in [4.78, 5) is 10.9. The molecule has 1 atom stereocenters. The van der Waals surface area contributed by atoms with Crippen molar-refractivity contribution in [2.45, 2.75) is 24.9 Å². The summed E-state index contributed by atoms with van der Waals surface area (Å²) in [6, 6.07) is 4.10. The molecule has 1 saturated heterocycles. The van der Waals surface area contributed by atoms with Gasteiger partial charge in [0.2, 0.25) is 0 Å². The molecule has 124 valence electrons. The summed E-state index contributed by atoms with van der Waals surface area (Å²) in [5.41, 5.74) is 2.17. The van der Waals surface area contributed by atoms with Crippen LogP contribution in [0.4, 0.5) is 18.0 Å². The average molecular weight is 328 g/mol. The zero-order valence-electron chi connectivity index (χ0n) is 12.2. The van der Waals surface area contributed by atoms with Gasteiger partial charge in [0, 0.05) is 18.1 Å². The van der Waals surface area contributed by atoms with Crippen LogP contribution < -0.4 is 5.43 Å². The van der Waals surface area contributed by atoms with Crippen LogP contribution in [0.15, 0.2) is 23.3 Å². The van der Waals surface area contributed by atoms with Gasteiger partial charge < -0.3 is 9.47 Å². The Hall–Kier alpha value is -2.09. The summed E-state index contributed by atoms with van der Waals surface area (Å²) < 4.78 is 50.3. The first kappa shape index (κ1) is 15.8. The number of carbonyl (C=O) groups excluding carboxylic acids is 1. The van der Waals surface area contributed by atoms with Gasteiger partial charge in [-0.15, -0.1) is 0 Å². The van der Waals surface area contributed by atoms with Gasteiger partial charge in [0.15, 0.2) is 0 Å². The van der Waals surface area contributed by atoms with Gasteiger partial charge in [-0.1, -0.05) is 12.1 Å².